The smallest absolute Gasteiger partial charge is 0.269 e. The number of halogens is 1. The highest BCUT2D eigenvalue weighted by atomic mass is 19.1. The van der Waals surface area contributed by atoms with Gasteiger partial charge < -0.3 is 10.1 Å². The van der Waals surface area contributed by atoms with E-state index in [1.807, 2.05) is 6.92 Å². The Hall–Kier alpha value is -2.63. The summed E-state index contributed by atoms with van der Waals surface area (Å²) in [6.45, 7) is 4.50. The van der Waals surface area contributed by atoms with Crippen LogP contribution in [0, 0.1) is 12.7 Å². The Labute approximate surface area is 160 Å². The molecule has 0 atom stereocenters. The third-order valence-corrected chi connectivity index (χ3v) is 4.11. The van der Waals surface area contributed by atoms with Crippen molar-refractivity contribution in [3.05, 3.63) is 59.2 Å². The summed E-state index contributed by atoms with van der Waals surface area (Å²) in [6.07, 6.45) is 8.27. The van der Waals surface area contributed by atoms with Gasteiger partial charge in [0.15, 0.2) is 11.6 Å². The van der Waals surface area contributed by atoms with Crippen molar-refractivity contribution in [1.82, 2.24) is 15.1 Å². The molecule has 1 aromatic heterocycles. The fourth-order valence-corrected chi connectivity index (χ4v) is 2.68. The number of benzene rings is 1. The van der Waals surface area contributed by atoms with E-state index < -0.39 is 5.82 Å². The molecule has 0 fully saturated rings. The summed E-state index contributed by atoms with van der Waals surface area (Å²) >= 11 is 0. The van der Waals surface area contributed by atoms with Crippen molar-refractivity contribution in [2.24, 2.45) is 7.05 Å². The molecule has 0 aliphatic heterocycles. The van der Waals surface area contributed by atoms with Gasteiger partial charge in [-0.05, 0) is 38.3 Å². The van der Waals surface area contributed by atoms with Crippen molar-refractivity contribution in [3.63, 3.8) is 0 Å². The standard InChI is InChI=1S/C21H28FN3O2/c1-4-5-6-7-8-9-13-27-19-12-10-11-17(20(19)22)15-23-21(26)18-14-16(2)24-25(18)3/h6-7,10-12,14H,4-5,8-9,13,15H2,1-3H3,(H,23,26). The Morgan fingerprint density at radius 3 is 2.81 bits per heavy atom. The van der Waals surface area contributed by atoms with Crippen LogP contribution in [0.25, 0.3) is 0 Å². The number of rotatable bonds is 10. The zero-order valence-electron chi connectivity index (χ0n) is 16.3. The van der Waals surface area contributed by atoms with Crippen LogP contribution in [0.1, 0.15) is 54.4 Å². The molecule has 0 radical (unpaired) electrons. The summed E-state index contributed by atoms with van der Waals surface area (Å²) in [7, 11) is 1.70. The molecular weight excluding hydrogens is 345 g/mol. The van der Waals surface area contributed by atoms with E-state index in [-0.39, 0.29) is 18.2 Å². The quantitative estimate of drug-likeness (QED) is 0.499. The number of amides is 1. The van der Waals surface area contributed by atoms with Crippen LogP contribution in [0.15, 0.2) is 36.4 Å². The predicted molar refractivity (Wildman–Crippen MR) is 104 cm³/mol. The summed E-state index contributed by atoms with van der Waals surface area (Å²) in [6, 6.07) is 6.68. The summed E-state index contributed by atoms with van der Waals surface area (Å²) in [5.41, 5.74) is 1.59. The summed E-state index contributed by atoms with van der Waals surface area (Å²) < 4.78 is 21.6. The van der Waals surface area contributed by atoms with Gasteiger partial charge in [0.2, 0.25) is 0 Å². The number of carbonyl (C=O) groups is 1. The second-order valence-electron chi connectivity index (χ2n) is 6.46. The highest BCUT2D eigenvalue weighted by Gasteiger charge is 2.14. The topological polar surface area (TPSA) is 56.1 Å². The second kappa shape index (κ2) is 10.5. The molecule has 6 heteroatoms. The van der Waals surface area contributed by atoms with E-state index in [0.717, 1.165) is 31.4 Å². The van der Waals surface area contributed by atoms with E-state index in [9.17, 15) is 9.18 Å². The van der Waals surface area contributed by atoms with Crippen molar-refractivity contribution in [2.75, 3.05) is 6.61 Å². The van der Waals surface area contributed by atoms with Gasteiger partial charge in [-0.15, -0.1) is 0 Å². The molecule has 0 aliphatic rings. The first-order valence-electron chi connectivity index (χ1n) is 9.37. The molecule has 1 heterocycles. The first-order chi connectivity index (χ1) is 13.0. The molecule has 0 aliphatic carbocycles. The van der Waals surface area contributed by atoms with E-state index in [2.05, 4.69) is 29.5 Å². The van der Waals surface area contributed by atoms with Gasteiger partial charge in [-0.1, -0.05) is 37.6 Å². The molecule has 1 amide bonds. The van der Waals surface area contributed by atoms with Gasteiger partial charge in [-0.3, -0.25) is 9.48 Å². The van der Waals surface area contributed by atoms with Gasteiger partial charge in [-0.25, -0.2) is 4.39 Å². The lowest BCUT2D eigenvalue weighted by Gasteiger charge is -2.11. The Morgan fingerprint density at radius 2 is 2.11 bits per heavy atom. The van der Waals surface area contributed by atoms with Crippen molar-refractivity contribution >= 4 is 5.91 Å². The van der Waals surface area contributed by atoms with Gasteiger partial charge >= 0.3 is 0 Å². The molecule has 0 unspecified atom stereocenters. The number of aryl methyl sites for hydroxylation is 2. The van der Waals surface area contributed by atoms with Gasteiger partial charge in [0.25, 0.3) is 5.91 Å². The van der Waals surface area contributed by atoms with Gasteiger partial charge in [-0.2, -0.15) is 5.10 Å². The minimum Gasteiger partial charge on any atom is -0.490 e. The van der Waals surface area contributed by atoms with Crippen molar-refractivity contribution in [2.45, 2.75) is 46.1 Å². The van der Waals surface area contributed by atoms with Crippen LogP contribution in [0.2, 0.25) is 0 Å². The normalized spacial score (nSPS) is 11.1. The van der Waals surface area contributed by atoms with E-state index in [1.54, 1.807) is 31.3 Å². The number of nitrogens with zero attached hydrogens (tertiary/aromatic N) is 2. The molecule has 5 nitrogen and oxygen atoms in total. The monoisotopic (exact) mass is 373 g/mol. The average Bonchev–Trinajstić information content (AvgIpc) is 2.99. The fraction of sp³-hybridized carbons (Fsp3) is 0.429. The molecule has 2 aromatic rings. The van der Waals surface area contributed by atoms with Gasteiger partial charge in [0.1, 0.15) is 5.69 Å². The lowest BCUT2D eigenvalue weighted by molar-refractivity contribution is 0.0941. The van der Waals surface area contributed by atoms with E-state index in [4.69, 9.17) is 4.74 Å². The Balaban J connectivity index is 1.86. The average molecular weight is 373 g/mol. The van der Waals surface area contributed by atoms with E-state index in [1.165, 1.54) is 4.68 Å². The molecule has 0 saturated heterocycles. The predicted octanol–water partition coefficient (Wildman–Crippen LogP) is 4.31. The SMILES string of the molecule is CCCC=CCCCOc1cccc(CNC(=O)c2cc(C)nn2C)c1F. The maximum Gasteiger partial charge on any atom is 0.269 e. The number of hydrogen-bond acceptors (Lipinski definition) is 3. The molecule has 1 N–H and O–H groups in total. The Bertz CT molecular complexity index is 784. The number of ether oxygens (including phenoxy) is 1. The molecule has 1 aromatic carbocycles. The van der Waals surface area contributed by atoms with Crippen molar-refractivity contribution in [3.8, 4) is 5.75 Å². The van der Waals surface area contributed by atoms with Crippen LogP contribution in [0.4, 0.5) is 4.39 Å². The van der Waals surface area contributed by atoms with Crippen molar-refractivity contribution in [1.29, 1.82) is 0 Å². The molecule has 146 valence electrons. The van der Waals surface area contributed by atoms with Gasteiger partial charge in [0.05, 0.1) is 12.3 Å². The summed E-state index contributed by atoms with van der Waals surface area (Å²) in [5.74, 6) is -0.501. The zero-order valence-corrected chi connectivity index (χ0v) is 16.3. The number of hydrogen-bond donors (Lipinski definition) is 1. The van der Waals surface area contributed by atoms with Crippen LogP contribution in [0.5, 0.6) is 5.75 Å². The molecular formula is C21H28FN3O2. The maximum atomic E-state index is 14.6. The Morgan fingerprint density at radius 1 is 1.33 bits per heavy atom. The number of allylic oxidation sites excluding steroid dienone is 2. The second-order valence-corrected chi connectivity index (χ2v) is 6.46. The lowest BCUT2D eigenvalue weighted by atomic mass is 10.2. The number of nitrogens with one attached hydrogen (secondary N) is 1. The van der Waals surface area contributed by atoms with Gasteiger partial charge in [0, 0.05) is 19.2 Å². The molecule has 0 saturated carbocycles. The van der Waals surface area contributed by atoms with Crippen molar-refractivity contribution < 1.29 is 13.9 Å². The van der Waals surface area contributed by atoms with Crippen LogP contribution in [0.3, 0.4) is 0 Å². The maximum absolute atomic E-state index is 14.6. The number of aromatic nitrogens is 2. The third-order valence-electron chi connectivity index (χ3n) is 4.11. The molecule has 0 spiro atoms. The largest absolute Gasteiger partial charge is 0.490 e. The highest BCUT2D eigenvalue weighted by Crippen LogP contribution is 2.21. The first-order valence-corrected chi connectivity index (χ1v) is 9.37. The van der Waals surface area contributed by atoms with E-state index >= 15 is 0 Å². The number of carbonyl (C=O) groups excluding carboxylic acids is 1. The van der Waals surface area contributed by atoms with Crippen LogP contribution in [-0.2, 0) is 13.6 Å². The zero-order chi connectivity index (χ0) is 19.6. The highest BCUT2D eigenvalue weighted by molar-refractivity contribution is 5.92. The Kier molecular flexibility index (Phi) is 8.04. The summed E-state index contributed by atoms with van der Waals surface area (Å²) in [5, 5.41) is 6.87. The summed E-state index contributed by atoms with van der Waals surface area (Å²) in [4.78, 5) is 12.2. The minimum atomic E-state index is -0.430. The number of unbranched alkanes of at least 4 members (excludes halogenated alkanes) is 2. The van der Waals surface area contributed by atoms with Crippen LogP contribution >= 0.6 is 0 Å². The van der Waals surface area contributed by atoms with Crippen LogP contribution in [-0.4, -0.2) is 22.3 Å². The van der Waals surface area contributed by atoms with E-state index in [0.29, 0.717) is 17.9 Å². The molecule has 27 heavy (non-hydrogen) atoms. The lowest BCUT2D eigenvalue weighted by Crippen LogP contribution is -2.25. The molecule has 2 rings (SSSR count). The first kappa shape index (κ1) is 20.7. The fourth-order valence-electron chi connectivity index (χ4n) is 2.68. The molecule has 0 bridgehead atoms. The third kappa shape index (κ3) is 6.24. The van der Waals surface area contributed by atoms with Crippen LogP contribution < -0.4 is 10.1 Å². The minimum absolute atomic E-state index is 0.0891.